The fraction of sp³-hybridized carbons (Fsp3) is 0.250. The number of carbonyl (C=O) groups excluding carboxylic acids is 2. The molecule has 1 saturated heterocycles. The zero-order chi connectivity index (χ0) is 32.9. The number of aliphatic hydroxyl groups excluding tert-OH is 1. The summed E-state index contributed by atoms with van der Waals surface area (Å²) in [6.07, 6.45) is 3.90. The minimum Gasteiger partial charge on any atom is -0.507 e. The number of amides is 1. The van der Waals surface area contributed by atoms with E-state index in [-0.39, 0.29) is 16.5 Å². The van der Waals surface area contributed by atoms with Crippen molar-refractivity contribution >= 4 is 56.5 Å². The third kappa shape index (κ3) is 6.86. The Bertz CT molecular complexity index is 1940. The molecule has 0 aliphatic carbocycles. The Kier molecular flexibility index (Phi) is 9.84. The molecule has 2 aromatic heterocycles. The van der Waals surface area contributed by atoms with Crippen LogP contribution >= 0.6 is 23.1 Å². The summed E-state index contributed by atoms with van der Waals surface area (Å²) < 4.78 is 12.6. The van der Waals surface area contributed by atoms with Gasteiger partial charge in [0.15, 0.2) is 15.8 Å². The summed E-state index contributed by atoms with van der Waals surface area (Å²) in [7, 11) is 0. The van der Waals surface area contributed by atoms with E-state index < -0.39 is 17.7 Å². The fourth-order valence-electron chi connectivity index (χ4n) is 5.41. The summed E-state index contributed by atoms with van der Waals surface area (Å²) in [5, 5.41) is 22.8. The van der Waals surface area contributed by atoms with Gasteiger partial charge in [0.1, 0.15) is 5.76 Å². The van der Waals surface area contributed by atoms with Crippen LogP contribution in [0.2, 0.25) is 0 Å². The molecule has 11 heteroatoms. The standard InChI is InChI=1S/C36H34N4O5S2/c1-4-44-29-20-25(12-13-28(29)45-19-16-22(2)3)31-30(32(41)24-14-17-37-18-15-24)33(42)34(43)40(31)35-38-39-36(47-35)46-21-26-10-7-9-23-8-5-6-11-27(23)26/h5-15,17-18,20,22,31,41H,4,16,19,21H2,1-3H3/b32-30+. The van der Waals surface area contributed by atoms with E-state index in [1.54, 1.807) is 30.3 Å². The number of rotatable bonds is 12. The molecule has 1 atom stereocenters. The number of hydrogen-bond donors (Lipinski definition) is 1. The largest absolute Gasteiger partial charge is 0.507 e. The van der Waals surface area contributed by atoms with Crippen molar-refractivity contribution in [3.63, 3.8) is 0 Å². The lowest BCUT2D eigenvalue weighted by atomic mass is 9.95. The highest BCUT2D eigenvalue weighted by Gasteiger charge is 2.48. The number of pyridine rings is 1. The molecule has 1 amide bonds. The SMILES string of the molecule is CCOc1cc(C2/C(=C(\O)c3ccncc3)C(=O)C(=O)N2c2nnc(SCc3cccc4ccccc34)s2)ccc1OCCC(C)C. The second-order valence-corrected chi connectivity index (χ2v) is 13.5. The van der Waals surface area contributed by atoms with E-state index in [9.17, 15) is 14.7 Å². The quantitative estimate of drug-likeness (QED) is 0.0468. The van der Waals surface area contributed by atoms with E-state index in [1.807, 2.05) is 25.1 Å². The second kappa shape index (κ2) is 14.4. The fourth-order valence-corrected chi connectivity index (χ4v) is 7.28. The molecule has 9 nitrogen and oxygen atoms in total. The first-order valence-electron chi connectivity index (χ1n) is 15.4. The number of thioether (sulfide) groups is 1. The minimum atomic E-state index is -0.990. The van der Waals surface area contributed by atoms with Gasteiger partial charge in [0, 0.05) is 23.7 Å². The molecule has 1 unspecified atom stereocenters. The van der Waals surface area contributed by atoms with E-state index in [0.29, 0.717) is 51.9 Å². The zero-order valence-corrected chi connectivity index (χ0v) is 27.9. The normalized spacial score (nSPS) is 15.9. The Labute approximate surface area is 281 Å². The van der Waals surface area contributed by atoms with Gasteiger partial charge < -0.3 is 14.6 Å². The highest BCUT2D eigenvalue weighted by atomic mass is 32.2. The van der Waals surface area contributed by atoms with Gasteiger partial charge in [0.25, 0.3) is 5.78 Å². The van der Waals surface area contributed by atoms with Crippen LogP contribution in [0, 0.1) is 5.92 Å². The molecule has 0 bridgehead atoms. The average Bonchev–Trinajstić information content (AvgIpc) is 3.66. The predicted molar refractivity (Wildman–Crippen MR) is 185 cm³/mol. The number of ketones is 1. The minimum absolute atomic E-state index is 0.0581. The summed E-state index contributed by atoms with van der Waals surface area (Å²) >= 11 is 2.73. The van der Waals surface area contributed by atoms with Crippen molar-refractivity contribution in [1.82, 2.24) is 15.2 Å². The van der Waals surface area contributed by atoms with Crippen LogP contribution in [0.1, 0.15) is 49.9 Å². The molecule has 0 spiro atoms. The van der Waals surface area contributed by atoms with Crippen LogP contribution in [0.3, 0.4) is 0 Å². The van der Waals surface area contributed by atoms with E-state index in [0.717, 1.165) is 22.8 Å². The maximum Gasteiger partial charge on any atom is 0.301 e. The molecule has 1 aliphatic rings. The Morgan fingerprint density at radius 1 is 0.979 bits per heavy atom. The molecule has 6 rings (SSSR count). The highest BCUT2D eigenvalue weighted by Crippen LogP contribution is 2.46. The van der Waals surface area contributed by atoms with Crippen LogP contribution in [0.4, 0.5) is 5.13 Å². The molecule has 240 valence electrons. The molecular formula is C36H34N4O5S2. The third-order valence-corrected chi connectivity index (χ3v) is 9.87. The number of hydrogen-bond acceptors (Lipinski definition) is 10. The van der Waals surface area contributed by atoms with Crippen molar-refractivity contribution in [3.8, 4) is 11.5 Å². The topological polar surface area (TPSA) is 115 Å². The number of nitrogens with zero attached hydrogens (tertiary/aromatic N) is 4. The Morgan fingerprint density at radius 2 is 1.77 bits per heavy atom. The number of benzene rings is 3. The molecule has 3 heterocycles. The van der Waals surface area contributed by atoms with E-state index in [1.165, 1.54) is 40.4 Å². The number of fused-ring (bicyclic) bond motifs is 1. The van der Waals surface area contributed by atoms with Crippen LogP contribution < -0.4 is 14.4 Å². The van der Waals surface area contributed by atoms with Crippen LogP contribution in [0.25, 0.3) is 16.5 Å². The average molecular weight is 667 g/mol. The number of carbonyl (C=O) groups is 2. The van der Waals surface area contributed by atoms with Gasteiger partial charge in [-0.3, -0.25) is 19.5 Å². The van der Waals surface area contributed by atoms with Crippen molar-refractivity contribution in [2.75, 3.05) is 18.1 Å². The number of ether oxygens (including phenoxy) is 2. The lowest BCUT2D eigenvalue weighted by Crippen LogP contribution is -2.29. The molecule has 1 aliphatic heterocycles. The van der Waals surface area contributed by atoms with Crippen LogP contribution in [0.15, 0.2) is 95.1 Å². The molecule has 3 aromatic carbocycles. The number of anilines is 1. The first-order valence-corrected chi connectivity index (χ1v) is 17.2. The number of aromatic nitrogens is 3. The molecule has 0 saturated carbocycles. The molecule has 1 fully saturated rings. The van der Waals surface area contributed by atoms with Gasteiger partial charge in [-0.1, -0.05) is 85.5 Å². The molecular weight excluding hydrogens is 633 g/mol. The monoisotopic (exact) mass is 666 g/mol. The van der Waals surface area contributed by atoms with Gasteiger partial charge in [0.05, 0.1) is 24.8 Å². The number of aliphatic hydroxyl groups is 1. The van der Waals surface area contributed by atoms with Crippen molar-refractivity contribution in [3.05, 3.63) is 107 Å². The van der Waals surface area contributed by atoms with Gasteiger partial charge in [0.2, 0.25) is 5.13 Å². The zero-order valence-electron chi connectivity index (χ0n) is 26.3. The van der Waals surface area contributed by atoms with Crippen LogP contribution in [-0.2, 0) is 15.3 Å². The molecule has 5 aromatic rings. The maximum atomic E-state index is 13.7. The van der Waals surface area contributed by atoms with E-state index >= 15 is 0 Å². The summed E-state index contributed by atoms with van der Waals surface area (Å²) in [5.74, 6) is 0.235. The molecule has 47 heavy (non-hydrogen) atoms. The Morgan fingerprint density at radius 3 is 2.55 bits per heavy atom. The summed E-state index contributed by atoms with van der Waals surface area (Å²) in [6.45, 7) is 7.03. The van der Waals surface area contributed by atoms with E-state index in [4.69, 9.17) is 9.47 Å². The molecule has 1 N–H and O–H groups in total. The van der Waals surface area contributed by atoms with Crippen LogP contribution in [-0.4, -0.2) is 45.2 Å². The van der Waals surface area contributed by atoms with E-state index in [2.05, 4.69) is 53.3 Å². The predicted octanol–water partition coefficient (Wildman–Crippen LogP) is 7.83. The van der Waals surface area contributed by atoms with Gasteiger partial charge >= 0.3 is 5.91 Å². The highest BCUT2D eigenvalue weighted by molar-refractivity contribution is 8.00. The third-order valence-electron chi connectivity index (χ3n) is 7.77. The second-order valence-electron chi connectivity index (χ2n) is 11.4. The van der Waals surface area contributed by atoms with Gasteiger partial charge in [-0.05, 0) is 65.4 Å². The van der Waals surface area contributed by atoms with Gasteiger partial charge in [-0.2, -0.15) is 0 Å². The summed E-state index contributed by atoms with van der Waals surface area (Å²) in [6, 6.07) is 21.9. The van der Waals surface area contributed by atoms with Crippen LogP contribution in [0.5, 0.6) is 11.5 Å². The van der Waals surface area contributed by atoms with Crippen molar-refractivity contribution < 1.29 is 24.2 Å². The van der Waals surface area contributed by atoms with Gasteiger partial charge in [-0.15, -0.1) is 10.2 Å². The van der Waals surface area contributed by atoms with Crippen molar-refractivity contribution in [2.45, 2.75) is 43.3 Å². The first-order chi connectivity index (χ1) is 22.9. The van der Waals surface area contributed by atoms with Gasteiger partial charge in [-0.25, -0.2) is 0 Å². The first kappa shape index (κ1) is 32.2. The summed E-state index contributed by atoms with van der Waals surface area (Å²) in [5.41, 5.74) is 2.02. The lowest BCUT2D eigenvalue weighted by Gasteiger charge is -2.23. The maximum absolute atomic E-state index is 13.7. The summed E-state index contributed by atoms with van der Waals surface area (Å²) in [4.78, 5) is 32.8. The lowest BCUT2D eigenvalue weighted by molar-refractivity contribution is -0.132. The van der Waals surface area contributed by atoms with Crippen molar-refractivity contribution in [1.29, 1.82) is 0 Å². The van der Waals surface area contributed by atoms with Crippen molar-refractivity contribution in [2.24, 2.45) is 5.92 Å². The number of Topliss-reactive ketones (excluding diaryl/α,β-unsaturated/α-hetero) is 1. The Hall–Kier alpha value is -4.74. The smallest absolute Gasteiger partial charge is 0.301 e. The Balaban J connectivity index is 1.37. The molecule has 0 radical (unpaired) electrons.